The molecule has 1 amide bonds. The number of hydrogen-bond donors (Lipinski definition) is 2. The van der Waals surface area contributed by atoms with Gasteiger partial charge in [0.15, 0.2) is 0 Å². The second kappa shape index (κ2) is 10.7. The molecule has 6 rings (SSSR count). The molecule has 0 saturated carbocycles. The van der Waals surface area contributed by atoms with Crippen LogP contribution in [0.25, 0.3) is 27.4 Å². The van der Waals surface area contributed by atoms with Gasteiger partial charge >= 0.3 is 5.97 Å². The summed E-state index contributed by atoms with van der Waals surface area (Å²) >= 11 is 0. The number of aromatic nitrogens is 2. The molecule has 0 aliphatic heterocycles. The molecule has 2 N–H and O–H groups in total. The maximum absolute atomic E-state index is 13.8. The van der Waals surface area contributed by atoms with Gasteiger partial charge < -0.3 is 14.8 Å². The minimum absolute atomic E-state index is 0.161. The summed E-state index contributed by atoms with van der Waals surface area (Å²) in [5, 5.41) is 13.8. The summed E-state index contributed by atoms with van der Waals surface area (Å²) < 4.78 is 29.2. The van der Waals surface area contributed by atoms with Gasteiger partial charge in [-0.05, 0) is 75.5 Å². The Bertz CT molecular complexity index is 1930. The van der Waals surface area contributed by atoms with Crippen molar-refractivity contribution in [2.75, 3.05) is 0 Å². The van der Waals surface area contributed by atoms with Gasteiger partial charge in [-0.2, -0.15) is 0 Å². The Kier molecular flexibility index (Phi) is 6.73. The van der Waals surface area contributed by atoms with Gasteiger partial charge in [0.2, 0.25) is 0 Å². The van der Waals surface area contributed by atoms with E-state index in [4.69, 9.17) is 5.11 Å². The predicted octanol–water partition coefficient (Wildman–Crippen LogP) is 6.65. The maximum Gasteiger partial charge on any atom is 0.335 e. The highest BCUT2D eigenvalue weighted by Gasteiger charge is 2.18. The molecule has 0 unspecified atom stereocenters. The third kappa shape index (κ3) is 5.40. The molecule has 0 fully saturated rings. The van der Waals surface area contributed by atoms with Crippen molar-refractivity contribution in [3.63, 3.8) is 0 Å². The Morgan fingerprint density at radius 2 is 1.49 bits per heavy atom. The van der Waals surface area contributed by atoms with Crippen molar-refractivity contribution >= 4 is 28.2 Å². The first-order valence-electron chi connectivity index (χ1n) is 12.9. The SMILES string of the molecule is O=C(O)c1ccc(CNC(=O)c2cc(-c3ccc(F)cc3)cn3cnc(Cc4ccc5ccc(F)cc5c4)c23)cc1. The highest BCUT2D eigenvalue weighted by atomic mass is 19.1. The van der Waals surface area contributed by atoms with Crippen LogP contribution in [0.1, 0.15) is 37.5 Å². The fourth-order valence-corrected chi connectivity index (χ4v) is 4.92. The van der Waals surface area contributed by atoms with Crippen molar-refractivity contribution in [2.45, 2.75) is 13.0 Å². The van der Waals surface area contributed by atoms with E-state index in [1.165, 1.54) is 36.4 Å². The number of hydrogen-bond acceptors (Lipinski definition) is 3. The molecule has 0 spiro atoms. The number of carboxylic acids is 1. The molecule has 0 aliphatic carbocycles. The molecular weight excluding hydrogens is 524 g/mol. The van der Waals surface area contributed by atoms with Crippen LogP contribution in [0.4, 0.5) is 8.78 Å². The Hall–Kier alpha value is -5.37. The fraction of sp³-hybridized carbons (Fsp3) is 0.0606. The number of pyridine rings is 1. The number of halogens is 2. The average Bonchev–Trinajstić information content (AvgIpc) is 3.38. The normalized spacial score (nSPS) is 11.2. The van der Waals surface area contributed by atoms with E-state index in [1.54, 1.807) is 47.1 Å². The zero-order valence-corrected chi connectivity index (χ0v) is 21.6. The van der Waals surface area contributed by atoms with Gasteiger partial charge in [-0.15, -0.1) is 0 Å². The van der Waals surface area contributed by atoms with Crippen molar-refractivity contribution in [1.29, 1.82) is 0 Å². The second-order valence-electron chi connectivity index (χ2n) is 9.78. The van der Waals surface area contributed by atoms with Crippen LogP contribution >= 0.6 is 0 Å². The Balaban J connectivity index is 1.37. The van der Waals surface area contributed by atoms with Gasteiger partial charge in [0.05, 0.1) is 28.7 Å². The summed E-state index contributed by atoms with van der Waals surface area (Å²) in [5.41, 5.74) is 4.93. The molecule has 0 saturated heterocycles. The van der Waals surface area contributed by atoms with Crippen LogP contribution in [0.3, 0.4) is 0 Å². The van der Waals surface area contributed by atoms with Crippen molar-refractivity contribution in [2.24, 2.45) is 0 Å². The van der Waals surface area contributed by atoms with E-state index in [0.717, 1.165) is 27.5 Å². The molecule has 0 bridgehead atoms. The smallest absolute Gasteiger partial charge is 0.335 e. The number of carbonyl (C=O) groups is 2. The highest BCUT2D eigenvalue weighted by molar-refractivity contribution is 6.02. The van der Waals surface area contributed by atoms with Crippen LogP contribution in [0, 0.1) is 11.6 Å². The van der Waals surface area contributed by atoms with Crippen LogP contribution in [-0.4, -0.2) is 26.4 Å². The fourth-order valence-electron chi connectivity index (χ4n) is 4.92. The molecule has 0 aliphatic rings. The molecule has 2 heterocycles. The van der Waals surface area contributed by atoms with Gasteiger partial charge in [0.25, 0.3) is 5.91 Å². The van der Waals surface area contributed by atoms with E-state index in [1.807, 2.05) is 24.4 Å². The van der Waals surface area contributed by atoms with Gasteiger partial charge in [0.1, 0.15) is 11.6 Å². The predicted molar refractivity (Wildman–Crippen MR) is 152 cm³/mol. The summed E-state index contributed by atoms with van der Waals surface area (Å²) in [6, 6.07) is 24.5. The summed E-state index contributed by atoms with van der Waals surface area (Å²) in [6.45, 7) is 0.186. The van der Waals surface area contributed by atoms with E-state index in [9.17, 15) is 18.4 Å². The number of carbonyl (C=O) groups excluding carboxylic acids is 1. The number of benzene rings is 4. The van der Waals surface area contributed by atoms with Crippen LogP contribution in [0.5, 0.6) is 0 Å². The number of amides is 1. The van der Waals surface area contributed by atoms with Crippen LogP contribution < -0.4 is 5.32 Å². The summed E-state index contributed by atoms with van der Waals surface area (Å²) in [4.78, 5) is 29.4. The molecule has 2 aromatic heterocycles. The lowest BCUT2D eigenvalue weighted by Crippen LogP contribution is -2.23. The molecular formula is C33H23F2N3O3. The lowest BCUT2D eigenvalue weighted by molar-refractivity contribution is 0.0696. The topological polar surface area (TPSA) is 83.7 Å². The third-order valence-electron chi connectivity index (χ3n) is 7.02. The minimum Gasteiger partial charge on any atom is -0.478 e. The van der Waals surface area contributed by atoms with Crippen molar-refractivity contribution < 1.29 is 23.5 Å². The highest BCUT2D eigenvalue weighted by Crippen LogP contribution is 2.27. The first kappa shape index (κ1) is 25.9. The number of nitrogens with one attached hydrogen (secondary N) is 1. The molecule has 8 heteroatoms. The Morgan fingerprint density at radius 3 is 2.24 bits per heavy atom. The van der Waals surface area contributed by atoms with E-state index in [-0.39, 0.29) is 29.6 Å². The number of imidazole rings is 1. The summed E-state index contributed by atoms with van der Waals surface area (Å²) in [6.07, 6.45) is 3.89. The van der Waals surface area contributed by atoms with Crippen LogP contribution in [0.15, 0.2) is 104 Å². The lowest BCUT2D eigenvalue weighted by atomic mass is 10.0. The summed E-state index contributed by atoms with van der Waals surface area (Å²) in [5.74, 6) is -2.04. The van der Waals surface area contributed by atoms with Gasteiger partial charge in [-0.1, -0.05) is 48.5 Å². The number of fused-ring (bicyclic) bond motifs is 2. The zero-order valence-electron chi connectivity index (χ0n) is 21.6. The maximum atomic E-state index is 13.8. The number of carboxylic acid groups (broad SMARTS) is 1. The molecule has 0 radical (unpaired) electrons. The molecule has 6 aromatic rings. The van der Waals surface area contributed by atoms with Gasteiger partial charge in [0, 0.05) is 19.2 Å². The van der Waals surface area contributed by atoms with Crippen LogP contribution in [-0.2, 0) is 13.0 Å². The van der Waals surface area contributed by atoms with Crippen molar-refractivity contribution in [1.82, 2.24) is 14.7 Å². The first-order valence-corrected chi connectivity index (χ1v) is 12.9. The Morgan fingerprint density at radius 1 is 0.780 bits per heavy atom. The third-order valence-corrected chi connectivity index (χ3v) is 7.02. The Labute approximate surface area is 233 Å². The zero-order chi connectivity index (χ0) is 28.5. The first-order chi connectivity index (χ1) is 19.8. The molecule has 0 atom stereocenters. The quantitative estimate of drug-likeness (QED) is 0.234. The second-order valence-corrected chi connectivity index (χ2v) is 9.78. The van der Waals surface area contributed by atoms with Gasteiger partial charge in [-0.3, -0.25) is 4.79 Å². The number of aromatic carboxylic acids is 1. The van der Waals surface area contributed by atoms with E-state index in [2.05, 4.69) is 10.3 Å². The molecule has 6 nitrogen and oxygen atoms in total. The van der Waals surface area contributed by atoms with Crippen LogP contribution in [0.2, 0.25) is 0 Å². The van der Waals surface area contributed by atoms with Gasteiger partial charge in [-0.25, -0.2) is 18.6 Å². The van der Waals surface area contributed by atoms with E-state index in [0.29, 0.717) is 28.8 Å². The number of nitrogens with zero attached hydrogens (tertiary/aromatic N) is 2. The van der Waals surface area contributed by atoms with E-state index >= 15 is 0 Å². The average molecular weight is 548 g/mol. The minimum atomic E-state index is -1.02. The van der Waals surface area contributed by atoms with E-state index < -0.39 is 5.97 Å². The monoisotopic (exact) mass is 547 g/mol. The van der Waals surface area contributed by atoms with Crippen molar-refractivity contribution in [3.05, 3.63) is 143 Å². The van der Waals surface area contributed by atoms with Crippen molar-refractivity contribution in [3.8, 4) is 11.1 Å². The molecule has 4 aromatic carbocycles. The largest absolute Gasteiger partial charge is 0.478 e. The number of rotatable bonds is 7. The molecule has 202 valence electrons. The summed E-state index contributed by atoms with van der Waals surface area (Å²) in [7, 11) is 0. The lowest BCUT2D eigenvalue weighted by Gasteiger charge is -2.12. The standard InChI is InChI=1S/C33H23F2N3O3/c34-27-10-7-23(8-11-27)26-16-29(32(39)36-17-20-1-5-24(6-2-20)33(40)41)31-30(37-19-38(31)18-26)14-21-3-4-22-9-12-28(35)15-25(22)13-21/h1-13,15-16,18-19H,14,17H2,(H,36,39)(H,40,41). The molecule has 41 heavy (non-hydrogen) atoms.